The number of allylic oxidation sites excluding steroid dienone is 1. The Kier molecular flexibility index (Phi) is 7.90. The molecular formula is C37H58O8. The van der Waals surface area contributed by atoms with Crippen LogP contribution in [0.4, 0.5) is 0 Å². The van der Waals surface area contributed by atoms with Crippen molar-refractivity contribution in [2.75, 3.05) is 0 Å². The largest absolute Gasteiger partial charge is 0.460 e. The summed E-state index contributed by atoms with van der Waals surface area (Å²) in [7, 11) is 0. The minimum atomic E-state index is -1.11. The van der Waals surface area contributed by atoms with Gasteiger partial charge in [0.25, 0.3) is 0 Å². The first-order valence-electron chi connectivity index (χ1n) is 17.7. The fourth-order valence-electron chi connectivity index (χ4n) is 11.0. The molecule has 0 amide bonds. The van der Waals surface area contributed by atoms with E-state index in [4.69, 9.17) is 23.7 Å². The normalized spacial score (nSPS) is 50.8. The van der Waals surface area contributed by atoms with Crippen LogP contribution in [0.25, 0.3) is 0 Å². The minimum Gasteiger partial charge on any atom is -0.460 e. The molecular weight excluding hydrogens is 572 g/mol. The summed E-state index contributed by atoms with van der Waals surface area (Å²) in [4.78, 5) is 25.8. The fraction of sp³-hybridized carbons (Fsp3) is 0.892. The van der Waals surface area contributed by atoms with Gasteiger partial charge >= 0.3 is 5.97 Å². The van der Waals surface area contributed by atoms with Gasteiger partial charge in [-0.2, -0.15) is 0 Å². The average Bonchev–Trinajstić information content (AvgIpc) is 3.52. The molecule has 45 heavy (non-hydrogen) atoms. The highest BCUT2D eigenvalue weighted by molar-refractivity contribution is 5.95. The number of rotatable bonds is 7. The maximum Gasteiger partial charge on any atom is 0.303 e. The summed E-state index contributed by atoms with van der Waals surface area (Å²) in [5.74, 6) is -1.50. The second kappa shape index (κ2) is 10.6. The minimum absolute atomic E-state index is 0.0141. The van der Waals surface area contributed by atoms with Crippen LogP contribution in [0.3, 0.4) is 0 Å². The molecule has 0 aromatic carbocycles. The summed E-state index contributed by atoms with van der Waals surface area (Å²) in [5, 5.41) is 12.9. The molecule has 254 valence electrons. The molecule has 0 aromatic rings. The lowest BCUT2D eigenvalue weighted by molar-refractivity contribution is -0.200. The molecule has 6 aliphatic rings. The first-order chi connectivity index (χ1) is 20.8. The fourth-order valence-corrected chi connectivity index (χ4v) is 11.0. The summed E-state index contributed by atoms with van der Waals surface area (Å²) in [6.45, 7) is 20.2. The molecule has 2 aliphatic heterocycles. The lowest BCUT2D eigenvalue weighted by Gasteiger charge is -2.60. The number of carbonyl (C=O) groups is 2. The Morgan fingerprint density at radius 1 is 0.978 bits per heavy atom. The summed E-state index contributed by atoms with van der Waals surface area (Å²) in [6, 6.07) is 0. The number of aliphatic hydroxyl groups is 1. The Hall–Kier alpha value is -1.32. The van der Waals surface area contributed by atoms with Crippen molar-refractivity contribution in [1.29, 1.82) is 0 Å². The van der Waals surface area contributed by atoms with Crippen molar-refractivity contribution in [3.05, 3.63) is 11.6 Å². The standard InChI is InChI=1S/C37H58O8/c1-11-34(8)42-27-20-25-26(39)19-24-23(32(25,6)21-28(27)43-34)13-17-33(7)29(14-18-37(24,33)40)36(10)30(44-35(9,12-2)45-36)15-16-31(4,5)41-22(3)38/h19,23,25,27-30,40H,11-18,20-21H2,1-10H3/t23-,25-,27+,28-,29-,30+,32+,33+,34?,35+,36+,37+/m0/s1. The van der Waals surface area contributed by atoms with Gasteiger partial charge in [-0.05, 0) is 128 Å². The Balaban J connectivity index is 1.30. The lowest BCUT2D eigenvalue weighted by Crippen LogP contribution is -2.62. The highest BCUT2D eigenvalue weighted by Gasteiger charge is 2.72. The molecule has 12 atom stereocenters. The van der Waals surface area contributed by atoms with Crippen molar-refractivity contribution in [3.8, 4) is 0 Å². The van der Waals surface area contributed by atoms with Gasteiger partial charge < -0.3 is 28.8 Å². The summed E-state index contributed by atoms with van der Waals surface area (Å²) < 4.78 is 32.2. The molecule has 0 radical (unpaired) electrons. The van der Waals surface area contributed by atoms with E-state index in [9.17, 15) is 14.7 Å². The van der Waals surface area contributed by atoms with Gasteiger partial charge in [-0.3, -0.25) is 9.59 Å². The van der Waals surface area contributed by atoms with Gasteiger partial charge in [0, 0.05) is 18.3 Å². The van der Waals surface area contributed by atoms with Crippen molar-refractivity contribution in [1.82, 2.24) is 0 Å². The quantitative estimate of drug-likeness (QED) is 0.307. The maximum atomic E-state index is 14.0. The topological polar surface area (TPSA) is 101 Å². The van der Waals surface area contributed by atoms with Crippen molar-refractivity contribution >= 4 is 11.8 Å². The number of esters is 1. The molecule has 4 aliphatic carbocycles. The third-order valence-corrected chi connectivity index (χ3v) is 13.7. The van der Waals surface area contributed by atoms with Crippen LogP contribution in [-0.2, 0) is 33.3 Å². The molecule has 1 N–H and O–H groups in total. The van der Waals surface area contributed by atoms with Crippen LogP contribution >= 0.6 is 0 Å². The van der Waals surface area contributed by atoms with Crippen LogP contribution in [0.1, 0.15) is 133 Å². The Labute approximate surface area is 270 Å². The molecule has 1 unspecified atom stereocenters. The Bertz CT molecular complexity index is 1260. The maximum absolute atomic E-state index is 14.0. The zero-order chi connectivity index (χ0) is 33.0. The Morgan fingerprint density at radius 3 is 2.29 bits per heavy atom. The van der Waals surface area contributed by atoms with Gasteiger partial charge in [-0.15, -0.1) is 0 Å². The molecule has 0 spiro atoms. The smallest absolute Gasteiger partial charge is 0.303 e. The molecule has 8 heteroatoms. The molecule has 0 bridgehead atoms. The number of carbonyl (C=O) groups excluding carboxylic acids is 2. The number of fused-ring (bicyclic) bond motifs is 6. The second-order valence-corrected chi connectivity index (χ2v) is 17.0. The van der Waals surface area contributed by atoms with Gasteiger partial charge in [-0.25, -0.2) is 0 Å². The second-order valence-electron chi connectivity index (χ2n) is 17.0. The van der Waals surface area contributed by atoms with Crippen LogP contribution in [-0.4, -0.2) is 63.5 Å². The van der Waals surface area contributed by atoms with Crippen molar-refractivity contribution in [3.63, 3.8) is 0 Å². The number of ether oxygens (including phenoxy) is 5. The van der Waals surface area contributed by atoms with E-state index in [1.165, 1.54) is 6.92 Å². The highest BCUT2D eigenvalue weighted by Crippen LogP contribution is 2.70. The first-order valence-corrected chi connectivity index (χ1v) is 17.7. The van der Waals surface area contributed by atoms with Crippen LogP contribution in [0, 0.1) is 28.6 Å². The van der Waals surface area contributed by atoms with Crippen LogP contribution in [0.5, 0.6) is 0 Å². The van der Waals surface area contributed by atoms with E-state index in [2.05, 4.69) is 34.6 Å². The summed E-state index contributed by atoms with van der Waals surface area (Å²) in [5.41, 5.74) is -2.24. The van der Waals surface area contributed by atoms with Gasteiger partial charge in [0.05, 0.1) is 29.5 Å². The van der Waals surface area contributed by atoms with Gasteiger partial charge in [-0.1, -0.05) is 27.7 Å². The van der Waals surface area contributed by atoms with Gasteiger partial charge in [0.1, 0.15) is 5.60 Å². The van der Waals surface area contributed by atoms with Crippen molar-refractivity contribution in [2.45, 2.75) is 180 Å². The molecule has 2 saturated heterocycles. The zero-order valence-corrected chi connectivity index (χ0v) is 29.4. The molecule has 6 rings (SSSR count). The van der Waals surface area contributed by atoms with Crippen LogP contribution in [0.2, 0.25) is 0 Å². The predicted octanol–water partition coefficient (Wildman–Crippen LogP) is 6.80. The summed E-state index contributed by atoms with van der Waals surface area (Å²) >= 11 is 0. The van der Waals surface area contributed by atoms with E-state index in [1.807, 2.05) is 33.8 Å². The van der Waals surface area contributed by atoms with E-state index in [1.54, 1.807) is 0 Å². The number of hydrogen-bond acceptors (Lipinski definition) is 8. The van der Waals surface area contributed by atoms with Gasteiger partial charge in [0.2, 0.25) is 0 Å². The monoisotopic (exact) mass is 630 g/mol. The molecule has 8 nitrogen and oxygen atoms in total. The lowest BCUT2D eigenvalue weighted by atomic mass is 9.45. The first kappa shape index (κ1) is 33.6. The van der Waals surface area contributed by atoms with Crippen LogP contribution in [0.15, 0.2) is 11.6 Å². The van der Waals surface area contributed by atoms with E-state index in [0.29, 0.717) is 32.1 Å². The van der Waals surface area contributed by atoms with Crippen LogP contribution < -0.4 is 0 Å². The predicted molar refractivity (Wildman–Crippen MR) is 169 cm³/mol. The average molecular weight is 631 g/mol. The summed E-state index contributed by atoms with van der Waals surface area (Å²) in [6.07, 6.45) is 8.88. The SMILES string of the molecule is CCC1(C)O[C@H]2C[C@@]3(C)[C@@H](C[C@H]2O1)C(=O)C=C1[C@@H]3CC[C@]2(C)[C@@H]([C@@]3(C)O[C@](C)(CC)O[C@@H]3CCC(C)(C)OC(C)=O)CC[C@@]12O. The molecule has 5 fully saturated rings. The zero-order valence-electron chi connectivity index (χ0n) is 29.4. The third kappa shape index (κ3) is 5.01. The number of hydrogen-bond donors (Lipinski definition) is 1. The van der Waals surface area contributed by atoms with Crippen molar-refractivity contribution < 1.29 is 38.4 Å². The van der Waals surface area contributed by atoms with E-state index >= 15 is 0 Å². The molecule has 3 saturated carbocycles. The molecule has 0 aromatic heterocycles. The van der Waals surface area contributed by atoms with Gasteiger partial charge in [0.15, 0.2) is 17.4 Å². The third-order valence-electron chi connectivity index (χ3n) is 13.7. The van der Waals surface area contributed by atoms with E-state index in [0.717, 1.165) is 37.7 Å². The highest BCUT2D eigenvalue weighted by atomic mass is 16.8. The number of ketones is 1. The van der Waals surface area contributed by atoms with Crippen molar-refractivity contribution in [2.24, 2.45) is 28.6 Å². The molecule has 2 heterocycles. The Morgan fingerprint density at radius 2 is 1.64 bits per heavy atom. The van der Waals surface area contributed by atoms with E-state index < -0.39 is 33.8 Å². The van der Waals surface area contributed by atoms with E-state index in [-0.39, 0.29) is 53.2 Å².